The summed E-state index contributed by atoms with van der Waals surface area (Å²) in [5.41, 5.74) is 0.993. The van der Waals surface area contributed by atoms with E-state index in [4.69, 9.17) is 4.99 Å². The highest BCUT2D eigenvalue weighted by atomic mass is 15.2. The molecule has 0 spiro atoms. The number of aliphatic imine (C=N–C) groups is 1. The van der Waals surface area contributed by atoms with Gasteiger partial charge in [0.25, 0.3) is 0 Å². The minimum Gasteiger partial charge on any atom is -0.363 e. The summed E-state index contributed by atoms with van der Waals surface area (Å²) in [6.45, 7) is 3.58. The molecule has 0 aliphatic heterocycles. The van der Waals surface area contributed by atoms with Crippen molar-refractivity contribution in [2.45, 2.75) is 51.6 Å². The summed E-state index contributed by atoms with van der Waals surface area (Å²) in [4.78, 5) is 11.3. The second-order valence-electron chi connectivity index (χ2n) is 6.06. The van der Waals surface area contributed by atoms with Crippen LogP contribution < -0.4 is 15.5 Å². The van der Waals surface area contributed by atoms with Gasteiger partial charge in [-0.2, -0.15) is 0 Å². The van der Waals surface area contributed by atoms with E-state index < -0.39 is 0 Å². The van der Waals surface area contributed by atoms with Crippen LogP contribution in [-0.2, 0) is 6.54 Å². The molecule has 1 aromatic rings. The van der Waals surface area contributed by atoms with E-state index in [1.54, 1.807) is 0 Å². The van der Waals surface area contributed by atoms with Gasteiger partial charge < -0.3 is 15.5 Å². The second kappa shape index (κ2) is 8.61. The Morgan fingerprint density at radius 3 is 2.73 bits per heavy atom. The molecule has 2 N–H and O–H groups in total. The number of hydrogen-bond acceptors (Lipinski definition) is 3. The normalized spacial score (nSPS) is 16.4. The first kappa shape index (κ1) is 16.6. The molecular weight excluding hydrogens is 274 g/mol. The number of guanidine groups is 1. The van der Waals surface area contributed by atoms with Crippen molar-refractivity contribution in [1.82, 2.24) is 15.6 Å². The maximum Gasteiger partial charge on any atom is 0.191 e. The van der Waals surface area contributed by atoms with E-state index in [1.807, 2.05) is 37.2 Å². The zero-order chi connectivity index (χ0) is 15.8. The van der Waals surface area contributed by atoms with Crippen LogP contribution in [-0.4, -0.2) is 37.6 Å². The van der Waals surface area contributed by atoms with E-state index in [9.17, 15) is 0 Å². The Kier molecular flexibility index (Phi) is 6.49. The molecule has 5 heteroatoms. The van der Waals surface area contributed by atoms with Gasteiger partial charge >= 0.3 is 0 Å². The van der Waals surface area contributed by atoms with Crippen LogP contribution in [0.4, 0.5) is 5.82 Å². The van der Waals surface area contributed by atoms with Crippen molar-refractivity contribution in [3.05, 3.63) is 23.9 Å². The predicted octanol–water partition coefficient (Wildman–Crippen LogP) is 2.54. The van der Waals surface area contributed by atoms with Gasteiger partial charge in [0.15, 0.2) is 5.96 Å². The molecule has 0 bridgehead atoms. The SMILES string of the molecule is CCNC(=NCc1cccc(N(C)C)n1)NC1CCCCC1. The first-order valence-corrected chi connectivity index (χ1v) is 8.37. The minimum atomic E-state index is 0.563. The summed E-state index contributed by atoms with van der Waals surface area (Å²) in [6.07, 6.45) is 6.51. The van der Waals surface area contributed by atoms with E-state index in [2.05, 4.69) is 22.5 Å². The van der Waals surface area contributed by atoms with Gasteiger partial charge in [-0.15, -0.1) is 0 Å². The average molecular weight is 303 g/mol. The third kappa shape index (κ3) is 5.20. The Balaban J connectivity index is 1.98. The monoisotopic (exact) mass is 303 g/mol. The topological polar surface area (TPSA) is 52.6 Å². The van der Waals surface area contributed by atoms with Crippen LogP contribution in [0.2, 0.25) is 0 Å². The fraction of sp³-hybridized carbons (Fsp3) is 0.647. The first-order chi connectivity index (χ1) is 10.7. The van der Waals surface area contributed by atoms with Gasteiger partial charge in [0.2, 0.25) is 0 Å². The van der Waals surface area contributed by atoms with Gasteiger partial charge in [-0.05, 0) is 31.9 Å². The van der Waals surface area contributed by atoms with Crippen LogP contribution in [0, 0.1) is 0 Å². The van der Waals surface area contributed by atoms with E-state index in [-0.39, 0.29) is 0 Å². The molecule has 0 saturated heterocycles. The van der Waals surface area contributed by atoms with Crippen molar-refractivity contribution in [3.8, 4) is 0 Å². The molecule has 2 rings (SSSR count). The van der Waals surface area contributed by atoms with Gasteiger partial charge in [-0.25, -0.2) is 9.98 Å². The van der Waals surface area contributed by atoms with Crippen LogP contribution in [0.15, 0.2) is 23.2 Å². The van der Waals surface area contributed by atoms with Crippen molar-refractivity contribution >= 4 is 11.8 Å². The number of nitrogens with one attached hydrogen (secondary N) is 2. The summed E-state index contributed by atoms with van der Waals surface area (Å²) >= 11 is 0. The van der Waals surface area contributed by atoms with Crippen LogP contribution >= 0.6 is 0 Å². The largest absolute Gasteiger partial charge is 0.363 e. The van der Waals surface area contributed by atoms with Gasteiger partial charge in [0.05, 0.1) is 12.2 Å². The van der Waals surface area contributed by atoms with Gasteiger partial charge in [0.1, 0.15) is 5.82 Å². The minimum absolute atomic E-state index is 0.563. The van der Waals surface area contributed by atoms with Gasteiger partial charge in [-0.3, -0.25) is 0 Å². The average Bonchev–Trinajstić information content (AvgIpc) is 2.54. The van der Waals surface area contributed by atoms with Crippen LogP contribution in [0.3, 0.4) is 0 Å². The van der Waals surface area contributed by atoms with Crippen molar-refractivity contribution in [2.24, 2.45) is 4.99 Å². The summed E-state index contributed by atoms with van der Waals surface area (Å²) in [6, 6.07) is 6.64. The molecule has 0 atom stereocenters. The molecule has 1 aromatic heterocycles. The number of nitrogens with zero attached hydrogens (tertiary/aromatic N) is 3. The molecule has 0 radical (unpaired) electrons. The fourth-order valence-corrected chi connectivity index (χ4v) is 2.72. The van der Waals surface area contributed by atoms with Crippen molar-refractivity contribution < 1.29 is 0 Å². The number of aromatic nitrogens is 1. The predicted molar refractivity (Wildman–Crippen MR) is 93.4 cm³/mol. The number of hydrogen-bond donors (Lipinski definition) is 2. The molecule has 0 amide bonds. The Morgan fingerprint density at radius 1 is 1.27 bits per heavy atom. The smallest absolute Gasteiger partial charge is 0.191 e. The first-order valence-electron chi connectivity index (χ1n) is 8.37. The molecule has 1 fully saturated rings. The molecule has 0 unspecified atom stereocenters. The lowest BCUT2D eigenvalue weighted by molar-refractivity contribution is 0.410. The highest BCUT2D eigenvalue weighted by Gasteiger charge is 2.14. The molecule has 5 nitrogen and oxygen atoms in total. The quantitative estimate of drug-likeness (QED) is 0.648. The molecule has 1 aliphatic rings. The Morgan fingerprint density at radius 2 is 2.05 bits per heavy atom. The van der Waals surface area contributed by atoms with Gasteiger partial charge in [-0.1, -0.05) is 25.3 Å². The summed E-state index contributed by atoms with van der Waals surface area (Å²) in [5.74, 6) is 1.88. The Hall–Kier alpha value is -1.78. The van der Waals surface area contributed by atoms with Crippen molar-refractivity contribution in [3.63, 3.8) is 0 Å². The number of anilines is 1. The summed E-state index contributed by atoms with van der Waals surface area (Å²) in [7, 11) is 4.01. The maximum absolute atomic E-state index is 4.69. The zero-order valence-electron chi connectivity index (χ0n) is 14.1. The van der Waals surface area contributed by atoms with Crippen molar-refractivity contribution in [2.75, 3.05) is 25.5 Å². The lowest BCUT2D eigenvalue weighted by Crippen LogP contribution is -2.44. The lowest BCUT2D eigenvalue weighted by atomic mass is 9.96. The van der Waals surface area contributed by atoms with E-state index in [0.29, 0.717) is 12.6 Å². The molecule has 1 aliphatic carbocycles. The van der Waals surface area contributed by atoms with Crippen molar-refractivity contribution in [1.29, 1.82) is 0 Å². The second-order valence-corrected chi connectivity index (χ2v) is 6.06. The van der Waals surface area contributed by atoms with Crippen LogP contribution in [0.5, 0.6) is 0 Å². The molecule has 0 aromatic carbocycles. The molecule has 1 saturated carbocycles. The Labute approximate surface area is 134 Å². The molecule has 1 heterocycles. The highest BCUT2D eigenvalue weighted by molar-refractivity contribution is 5.80. The molecular formula is C17H29N5. The van der Waals surface area contributed by atoms with Crippen LogP contribution in [0.1, 0.15) is 44.7 Å². The summed E-state index contributed by atoms with van der Waals surface area (Å²) in [5, 5.41) is 6.90. The lowest BCUT2D eigenvalue weighted by Gasteiger charge is -2.24. The Bertz CT molecular complexity index is 478. The standard InChI is InChI=1S/C17H29N5/c1-4-18-17(21-14-9-6-5-7-10-14)19-13-15-11-8-12-16(20-15)22(2)3/h8,11-12,14H,4-7,9-10,13H2,1-3H3,(H2,18,19,21). The number of rotatable bonds is 5. The van der Waals surface area contributed by atoms with Gasteiger partial charge in [0, 0.05) is 26.7 Å². The fourth-order valence-electron chi connectivity index (χ4n) is 2.72. The molecule has 22 heavy (non-hydrogen) atoms. The van der Waals surface area contributed by atoms with E-state index >= 15 is 0 Å². The number of pyridine rings is 1. The van der Waals surface area contributed by atoms with Crippen LogP contribution in [0.25, 0.3) is 0 Å². The summed E-state index contributed by atoms with van der Waals surface area (Å²) < 4.78 is 0. The zero-order valence-corrected chi connectivity index (χ0v) is 14.1. The third-order valence-corrected chi connectivity index (χ3v) is 3.94. The third-order valence-electron chi connectivity index (χ3n) is 3.94. The molecule has 122 valence electrons. The van der Waals surface area contributed by atoms with E-state index in [1.165, 1.54) is 32.1 Å². The van der Waals surface area contributed by atoms with E-state index in [0.717, 1.165) is 24.0 Å². The highest BCUT2D eigenvalue weighted by Crippen LogP contribution is 2.17. The maximum atomic E-state index is 4.69.